The molecule has 0 saturated heterocycles. The lowest BCUT2D eigenvalue weighted by molar-refractivity contribution is 0.637. The number of anilines is 1. The number of nitrogens with zero attached hydrogens (tertiary/aromatic N) is 1. The average molecular weight is 255 g/mol. The molecule has 3 rings (SSSR count). The molecule has 0 aliphatic carbocycles. The Kier molecular flexibility index (Phi) is 2.91. The van der Waals surface area contributed by atoms with Gasteiger partial charge in [-0.15, -0.1) is 0 Å². The van der Waals surface area contributed by atoms with Crippen LogP contribution in [0.4, 0.5) is 10.1 Å². The van der Waals surface area contributed by atoms with Crippen LogP contribution >= 0.6 is 0 Å². The summed E-state index contributed by atoms with van der Waals surface area (Å²) < 4.78 is 13.5. The summed E-state index contributed by atoms with van der Waals surface area (Å²) in [4.78, 5) is 7.43. The van der Waals surface area contributed by atoms with Crippen molar-refractivity contribution < 1.29 is 4.39 Å². The molecule has 3 N–H and O–H groups in total. The van der Waals surface area contributed by atoms with Gasteiger partial charge in [-0.25, -0.2) is 9.37 Å². The van der Waals surface area contributed by atoms with Gasteiger partial charge in [-0.1, -0.05) is 18.2 Å². The fraction of sp³-hybridized carbons (Fsp3) is 0.133. The van der Waals surface area contributed by atoms with Gasteiger partial charge in [0.25, 0.3) is 0 Å². The van der Waals surface area contributed by atoms with Crippen LogP contribution in [-0.2, 0) is 12.8 Å². The van der Waals surface area contributed by atoms with E-state index in [2.05, 4.69) is 9.97 Å². The van der Waals surface area contributed by atoms with E-state index in [4.69, 9.17) is 5.73 Å². The summed E-state index contributed by atoms with van der Waals surface area (Å²) in [6.45, 7) is 0. The summed E-state index contributed by atoms with van der Waals surface area (Å²) in [5.74, 6) is 0.518. The number of rotatable bonds is 3. The maximum absolute atomic E-state index is 13.5. The molecule has 0 spiro atoms. The fourth-order valence-electron chi connectivity index (χ4n) is 2.11. The Morgan fingerprint density at radius 1 is 1.05 bits per heavy atom. The van der Waals surface area contributed by atoms with Gasteiger partial charge in [-0.2, -0.15) is 0 Å². The molecule has 1 aromatic heterocycles. The Morgan fingerprint density at radius 3 is 2.58 bits per heavy atom. The SMILES string of the molecule is Nc1ccc(CCc2nc3c(F)cccc3[nH]2)cc1. The predicted octanol–water partition coefficient (Wildman–Crippen LogP) is 3.07. The van der Waals surface area contributed by atoms with Crippen LogP contribution in [0.15, 0.2) is 42.5 Å². The maximum Gasteiger partial charge on any atom is 0.151 e. The van der Waals surface area contributed by atoms with Crippen LogP contribution in [-0.4, -0.2) is 9.97 Å². The molecule has 0 aliphatic heterocycles. The smallest absolute Gasteiger partial charge is 0.151 e. The van der Waals surface area contributed by atoms with Gasteiger partial charge in [-0.05, 0) is 36.2 Å². The second kappa shape index (κ2) is 4.72. The monoisotopic (exact) mass is 255 g/mol. The third kappa shape index (κ3) is 2.42. The van der Waals surface area contributed by atoms with Gasteiger partial charge in [0.2, 0.25) is 0 Å². The molecule has 4 heteroatoms. The number of benzene rings is 2. The van der Waals surface area contributed by atoms with Gasteiger partial charge in [0.15, 0.2) is 5.82 Å². The number of halogens is 1. The maximum atomic E-state index is 13.5. The summed E-state index contributed by atoms with van der Waals surface area (Å²) in [5, 5.41) is 0. The molecule has 0 amide bonds. The Morgan fingerprint density at radius 2 is 1.84 bits per heavy atom. The topological polar surface area (TPSA) is 54.7 Å². The molecular weight excluding hydrogens is 241 g/mol. The minimum atomic E-state index is -0.285. The largest absolute Gasteiger partial charge is 0.399 e. The number of nitrogens with two attached hydrogens (primary N) is 1. The van der Waals surface area contributed by atoms with Crippen LogP contribution in [0.1, 0.15) is 11.4 Å². The van der Waals surface area contributed by atoms with E-state index < -0.39 is 0 Å². The molecule has 0 unspecified atom stereocenters. The molecule has 0 atom stereocenters. The Bertz CT molecular complexity index is 701. The standard InChI is InChI=1S/C15H14FN3/c16-12-2-1-3-13-15(12)19-14(18-13)9-6-10-4-7-11(17)8-5-10/h1-5,7-8H,6,9,17H2,(H,18,19). The first-order valence-corrected chi connectivity index (χ1v) is 6.20. The molecule has 0 radical (unpaired) electrons. The second-order valence-electron chi connectivity index (χ2n) is 4.56. The number of aryl methyl sites for hydroxylation is 2. The molecule has 0 saturated carbocycles. The van der Waals surface area contributed by atoms with E-state index in [-0.39, 0.29) is 5.82 Å². The fourth-order valence-corrected chi connectivity index (χ4v) is 2.11. The molecule has 3 nitrogen and oxygen atoms in total. The number of aromatic nitrogens is 2. The highest BCUT2D eigenvalue weighted by Gasteiger charge is 2.06. The first kappa shape index (κ1) is 11.7. The highest BCUT2D eigenvalue weighted by Crippen LogP contribution is 2.16. The summed E-state index contributed by atoms with van der Waals surface area (Å²) in [6, 6.07) is 12.7. The van der Waals surface area contributed by atoms with Gasteiger partial charge in [0.1, 0.15) is 11.3 Å². The number of nitrogen functional groups attached to an aromatic ring is 1. The molecule has 0 fully saturated rings. The first-order chi connectivity index (χ1) is 9.22. The minimum absolute atomic E-state index is 0.285. The number of aromatic amines is 1. The normalized spacial score (nSPS) is 11.0. The zero-order valence-corrected chi connectivity index (χ0v) is 10.4. The molecule has 2 aromatic carbocycles. The van der Waals surface area contributed by atoms with Gasteiger partial charge in [-0.3, -0.25) is 0 Å². The molecular formula is C15H14FN3. The molecule has 0 bridgehead atoms. The summed E-state index contributed by atoms with van der Waals surface area (Å²) in [5.41, 5.74) is 8.74. The van der Waals surface area contributed by atoms with Crippen LogP contribution in [0.5, 0.6) is 0 Å². The average Bonchev–Trinajstić information content (AvgIpc) is 2.83. The lowest BCUT2D eigenvalue weighted by Gasteiger charge is -1.99. The molecule has 19 heavy (non-hydrogen) atoms. The van der Waals surface area contributed by atoms with Gasteiger partial charge >= 0.3 is 0 Å². The number of H-pyrrole nitrogens is 1. The van der Waals surface area contributed by atoms with Gasteiger partial charge in [0.05, 0.1) is 5.52 Å². The van der Waals surface area contributed by atoms with E-state index in [9.17, 15) is 4.39 Å². The number of hydrogen-bond acceptors (Lipinski definition) is 2. The van der Waals surface area contributed by atoms with Gasteiger partial charge < -0.3 is 10.7 Å². The number of hydrogen-bond donors (Lipinski definition) is 2. The van der Waals surface area contributed by atoms with Crippen molar-refractivity contribution in [1.29, 1.82) is 0 Å². The Hall–Kier alpha value is -2.36. The number of nitrogens with one attached hydrogen (secondary N) is 1. The van der Waals surface area contributed by atoms with Crippen molar-refractivity contribution in [2.24, 2.45) is 0 Å². The van der Waals surface area contributed by atoms with Crippen molar-refractivity contribution in [2.45, 2.75) is 12.8 Å². The van der Waals surface area contributed by atoms with E-state index in [1.165, 1.54) is 11.6 Å². The quantitative estimate of drug-likeness (QED) is 0.707. The van der Waals surface area contributed by atoms with Crippen molar-refractivity contribution in [1.82, 2.24) is 9.97 Å². The molecule has 1 heterocycles. The number of para-hydroxylation sites is 1. The van der Waals surface area contributed by atoms with Crippen molar-refractivity contribution in [3.63, 3.8) is 0 Å². The van der Waals surface area contributed by atoms with E-state index >= 15 is 0 Å². The zero-order valence-electron chi connectivity index (χ0n) is 10.4. The minimum Gasteiger partial charge on any atom is -0.399 e. The van der Waals surface area contributed by atoms with Crippen LogP contribution < -0.4 is 5.73 Å². The van der Waals surface area contributed by atoms with E-state index in [0.717, 1.165) is 29.9 Å². The van der Waals surface area contributed by atoms with Crippen molar-refractivity contribution in [2.75, 3.05) is 5.73 Å². The van der Waals surface area contributed by atoms with E-state index in [1.54, 1.807) is 6.07 Å². The Balaban J connectivity index is 1.78. The van der Waals surface area contributed by atoms with Gasteiger partial charge in [0, 0.05) is 12.1 Å². The van der Waals surface area contributed by atoms with Crippen LogP contribution in [0.3, 0.4) is 0 Å². The summed E-state index contributed by atoms with van der Waals surface area (Å²) in [6.07, 6.45) is 1.60. The van der Waals surface area contributed by atoms with Crippen LogP contribution in [0, 0.1) is 5.82 Å². The third-order valence-corrected chi connectivity index (χ3v) is 3.14. The summed E-state index contributed by atoms with van der Waals surface area (Å²) in [7, 11) is 0. The first-order valence-electron chi connectivity index (χ1n) is 6.20. The second-order valence-corrected chi connectivity index (χ2v) is 4.56. The number of fused-ring (bicyclic) bond motifs is 1. The highest BCUT2D eigenvalue weighted by atomic mass is 19.1. The lowest BCUT2D eigenvalue weighted by Crippen LogP contribution is -1.94. The zero-order chi connectivity index (χ0) is 13.2. The lowest BCUT2D eigenvalue weighted by atomic mass is 10.1. The molecule has 96 valence electrons. The molecule has 0 aliphatic rings. The van der Waals surface area contributed by atoms with Crippen molar-refractivity contribution in [3.8, 4) is 0 Å². The summed E-state index contributed by atoms with van der Waals surface area (Å²) >= 11 is 0. The van der Waals surface area contributed by atoms with Crippen molar-refractivity contribution >= 4 is 16.7 Å². The highest BCUT2D eigenvalue weighted by molar-refractivity contribution is 5.75. The Labute approximate surface area is 110 Å². The van der Waals surface area contributed by atoms with E-state index in [0.29, 0.717) is 5.52 Å². The predicted molar refractivity (Wildman–Crippen MR) is 74.3 cm³/mol. The third-order valence-electron chi connectivity index (χ3n) is 3.14. The molecule has 3 aromatic rings. The van der Waals surface area contributed by atoms with Crippen LogP contribution in [0.2, 0.25) is 0 Å². The number of imidazole rings is 1. The van der Waals surface area contributed by atoms with Crippen molar-refractivity contribution in [3.05, 3.63) is 59.7 Å². The van der Waals surface area contributed by atoms with E-state index in [1.807, 2.05) is 30.3 Å². The van der Waals surface area contributed by atoms with Crippen LogP contribution in [0.25, 0.3) is 11.0 Å².